The summed E-state index contributed by atoms with van der Waals surface area (Å²) >= 11 is 6.48. The van der Waals surface area contributed by atoms with Crippen LogP contribution in [0.15, 0.2) is 273 Å². The van der Waals surface area contributed by atoms with Gasteiger partial charge in [0.15, 0.2) is 20.6 Å². The van der Waals surface area contributed by atoms with Gasteiger partial charge in [-0.3, -0.25) is 20.4 Å². The fourth-order valence-corrected chi connectivity index (χ4v) is 16.9. The molecular formula is C82H90N12Na4O12S8. The zero-order chi connectivity index (χ0) is 82.3. The first kappa shape index (κ1) is 105. The normalized spacial score (nSPS) is 12.7. The molecule has 118 heavy (non-hydrogen) atoms. The molecule has 0 amide bonds. The summed E-state index contributed by atoms with van der Waals surface area (Å²) in [7, 11) is -17.5. The van der Waals surface area contributed by atoms with Crippen molar-refractivity contribution in [2.24, 2.45) is 0 Å². The topological polar surface area (TPSA) is 395 Å². The molecule has 0 saturated carbocycles. The fraction of sp³-hybridized carbons (Fsp3) is 0.268. The van der Waals surface area contributed by atoms with Crippen molar-refractivity contribution in [3.8, 4) is 0 Å². The molecule has 8 aromatic carbocycles. The summed E-state index contributed by atoms with van der Waals surface area (Å²) in [6.07, 6.45) is 15.1. The summed E-state index contributed by atoms with van der Waals surface area (Å²) < 4.78 is 131. The Balaban J connectivity index is 0.000000318. The molecule has 4 aromatic heterocycles. The molecule has 0 aliphatic rings. The molecule has 36 heteroatoms. The number of thioether (sulfide) groups is 4. The van der Waals surface area contributed by atoms with Gasteiger partial charge in [-0.2, -0.15) is 20.4 Å². The van der Waals surface area contributed by atoms with Gasteiger partial charge in [-0.05, 0) is 189 Å². The Morgan fingerprint density at radius 3 is 0.678 bits per heavy atom. The third-order valence-corrected chi connectivity index (χ3v) is 25.8. The first-order chi connectivity index (χ1) is 54.5. The number of hydrogen-bond donors (Lipinski definition) is 4. The molecule has 4 N–H and O–H groups in total. The molecule has 12 rings (SSSR count). The van der Waals surface area contributed by atoms with E-state index >= 15 is 0 Å². The fourth-order valence-electron chi connectivity index (χ4n) is 12.0. The van der Waals surface area contributed by atoms with Crippen molar-refractivity contribution in [2.45, 2.75) is 179 Å². The molecule has 602 valence electrons. The molecule has 12 aromatic rings. The maximum absolute atomic E-state index is 11.1. The molecule has 0 aliphatic carbocycles. The predicted molar refractivity (Wildman–Crippen MR) is 446 cm³/mol. The van der Waals surface area contributed by atoms with Crippen LogP contribution in [0.2, 0.25) is 0 Å². The van der Waals surface area contributed by atoms with Gasteiger partial charge in [0.05, 0.1) is 19.6 Å². The van der Waals surface area contributed by atoms with Gasteiger partial charge in [0.25, 0.3) is 0 Å². The quantitative estimate of drug-likeness (QED) is 0.0206. The standard InChI is InChI=1S/3C21H25N3O3S2.C11H11N3S.C8H8O3S.4Na/c3*1-3-17(19-8-10-20(11-9-19)29(25,26)27)12-15(2)18-6-4-16(5-7-18)13-28-21-22-14-23-24-21;1-2-9-3-5-10(6-4-9)7-15-11-12-8-13-14-11;1-2-7-3-5-8(6-4-7)12(9,10)11;;;;/h3*4-11,14-15,17H,3,12-13H2,1-2H3,(H,22,23,24)(H,25,26,27);2-6,8H,1,7H2,(H,12,13,14);2-6H,1H2,(H,9,10,11);;;;/q;;;;;4*+1/p-4. The second kappa shape index (κ2) is 53.1. The van der Waals surface area contributed by atoms with E-state index in [1.165, 1.54) is 125 Å². The maximum Gasteiger partial charge on any atom is 1.00 e. The molecule has 6 atom stereocenters. The molecule has 6 unspecified atom stereocenters. The molecule has 4 heterocycles. The first-order valence-electron chi connectivity index (χ1n) is 36.3. The van der Waals surface area contributed by atoms with Crippen molar-refractivity contribution in [3.05, 3.63) is 299 Å². The number of nitrogens with one attached hydrogen (secondary N) is 4. The minimum atomic E-state index is -4.40. The summed E-state index contributed by atoms with van der Waals surface area (Å²) in [6, 6.07) is 58.8. The zero-order valence-electron chi connectivity index (χ0n) is 67.6. The molecular weight excluding hydrogens is 1690 g/mol. The predicted octanol–water partition coefficient (Wildman–Crippen LogP) is 6.06. The smallest absolute Gasteiger partial charge is 0.744 e. The SMILES string of the molecule is C=Cc1ccc(CSc2ncn[nH]2)cc1.C=Cc1ccc(S(=O)(=O)[O-])cc1.CCC(CC(C)c1ccc(CSc2ncn[nH]2)cc1)c1ccc(S(=O)(=O)[O-])cc1.CCC(CC(C)c1ccc(CSc2ncn[nH]2)cc1)c1ccc(S(=O)(=O)[O-])cc1.CCC(CC(C)c1ccc(CSc2ncn[nH]2)cc1)c1ccc(S(=O)(=O)[O-])cc1.[Na+].[Na+].[Na+].[Na+]. The van der Waals surface area contributed by atoms with Crippen LogP contribution in [0, 0.1) is 0 Å². The Morgan fingerprint density at radius 1 is 0.314 bits per heavy atom. The van der Waals surface area contributed by atoms with Gasteiger partial charge in [-0.1, -0.05) is 259 Å². The third kappa shape index (κ3) is 36.0. The van der Waals surface area contributed by atoms with Gasteiger partial charge >= 0.3 is 118 Å². The van der Waals surface area contributed by atoms with Crippen LogP contribution in [-0.2, 0) is 63.5 Å². The van der Waals surface area contributed by atoms with E-state index in [1.807, 2.05) is 6.08 Å². The Bertz CT molecular complexity index is 4940. The van der Waals surface area contributed by atoms with Crippen LogP contribution in [-0.4, -0.2) is 113 Å². The summed E-state index contributed by atoms with van der Waals surface area (Å²) in [5.41, 5.74) is 13.9. The summed E-state index contributed by atoms with van der Waals surface area (Å²) in [6.45, 7) is 20.2. The van der Waals surface area contributed by atoms with Crippen LogP contribution in [0.4, 0.5) is 0 Å². The number of aromatic nitrogens is 12. The van der Waals surface area contributed by atoms with Crippen molar-refractivity contribution in [3.63, 3.8) is 0 Å². The third-order valence-electron chi connectivity index (χ3n) is 18.7. The average Bonchev–Trinajstić information content (AvgIpc) is 1.00. The van der Waals surface area contributed by atoms with Crippen LogP contribution in [0.5, 0.6) is 0 Å². The van der Waals surface area contributed by atoms with Gasteiger partial charge in [-0.15, -0.1) is 0 Å². The van der Waals surface area contributed by atoms with Crippen LogP contribution in [0.25, 0.3) is 12.2 Å². The van der Waals surface area contributed by atoms with E-state index in [0.717, 1.165) is 110 Å². The van der Waals surface area contributed by atoms with Crippen molar-refractivity contribution in [1.82, 2.24) is 60.7 Å². The first-order valence-corrected chi connectivity index (χ1v) is 45.9. The Kier molecular flexibility index (Phi) is 47.3. The Morgan fingerprint density at radius 2 is 0.500 bits per heavy atom. The second-order valence-electron chi connectivity index (χ2n) is 26.5. The zero-order valence-corrected chi connectivity index (χ0v) is 82.2. The number of nitrogens with zero attached hydrogens (tertiary/aromatic N) is 8. The summed E-state index contributed by atoms with van der Waals surface area (Å²) in [4.78, 5) is 15.6. The molecule has 0 saturated heterocycles. The minimum absolute atomic E-state index is 0. The number of H-pyrrole nitrogens is 4. The molecule has 0 spiro atoms. The van der Waals surface area contributed by atoms with Gasteiger partial charge in [0.2, 0.25) is 0 Å². The molecule has 24 nitrogen and oxygen atoms in total. The van der Waals surface area contributed by atoms with Crippen LogP contribution < -0.4 is 118 Å². The Labute approximate surface area is 798 Å². The van der Waals surface area contributed by atoms with Gasteiger partial charge in [0.1, 0.15) is 65.8 Å². The monoisotopic (exact) mass is 1780 g/mol. The molecule has 0 bridgehead atoms. The Hall–Kier alpha value is -5.16. The van der Waals surface area contributed by atoms with Crippen LogP contribution in [0.3, 0.4) is 0 Å². The second-order valence-corrected chi connectivity index (χ2v) is 35.9. The van der Waals surface area contributed by atoms with Crippen molar-refractivity contribution in [1.29, 1.82) is 0 Å². The van der Waals surface area contributed by atoms with E-state index in [4.69, 9.17) is 0 Å². The molecule has 0 radical (unpaired) electrons. The maximum atomic E-state index is 11.1. The largest absolute Gasteiger partial charge is 1.00 e. The minimum Gasteiger partial charge on any atom is -0.744 e. The van der Waals surface area contributed by atoms with Crippen LogP contribution in [0.1, 0.15) is 182 Å². The van der Waals surface area contributed by atoms with Crippen LogP contribution >= 0.6 is 47.0 Å². The van der Waals surface area contributed by atoms with E-state index in [1.54, 1.807) is 89.5 Å². The van der Waals surface area contributed by atoms with Gasteiger partial charge in [-0.25, -0.2) is 53.6 Å². The van der Waals surface area contributed by atoms with Crippen molar-refractivity contribution < 1.29 is 170 Å². The number of rotatable bonds is 33. The summed E-state index contributed by atoms with van der Waals surface area (Å²) in [5.74, 6) is 5.37. The number of benzene rings is 8. The van der Waals surface area contributed by atoms with Crippen molar-refractivity contribution in [2.75, 3.05) is 0 Å². The van der Waals surface area contributed by atoms with Gasteiger partial charge in [0, 0.05) is 23.0 Å². The van der Waals surface area contributed by atoms with E-state index in [0.29, 0.717) is 35.5 Å². The van der Waals surface area contributed by atoms with E-state index in [-0.39, 0.29) is 138 Å². The molecule has 0 aliphatic heterocycles. The molecule has 0 fully saturated rings. The van der Waals surface area contributed by atoms with Crippen molar-refractivity contribution >= 4 is 99.7 Å². The average molecular weight is 1780 g/mol. The van der Waals surface area contributed by atoms with E-state index in [9.17, 15) is 51.9 Å². The van der Waals surface area contributed by atoms with E-state index in [2.05, 4.69) is 212 Å². The summed E-state index contributed by atoms with van der Waals surface area (Å²) in [5, 5.41) is 30.0. The van der Waals surface area contributed by atoms with E-state index < -0.39 is 40.5 Å². The number of aromatic amines is 4. The van der Waals surface area contributed by atoms with Gasteiger partial charge < -0.3 is 18.2 Å². The number of hydrogen-bond acceptors (Lipinski definition) is 24.